The minimum atomic E-state index is -3.62. The van der Waals surface area contributed by atoms with E-state index in [1.165, 1.54) is 12.7 Å². The fourth-order valence-corrected chi connectivity index (χ4v) is 13.1. The Labute approximate surface area is 324 Å². The molecule has 1 amide bonds. The van der Waals surface area contributed by atoms with Gasteiger partial charge in [-0.25, -0.2) is 15.0 Å². The minimum absolute atomic E-state index is 0.151. The molecule has 1 aliphatic rings. The first-order valence-electron chi connectivity index (χ1n) is 18.1. The highest BCUT2D eigenvalue weighted by molar-refractivity contribution is 7.30. The fourth-order valence-electron chi connectivity index (χ4n) is 6.82. The Morgan fingerprint density at radius 3 is 2.00 bits per heavy atom. The predicted octanol–water partition coefficient (Wildman–Crippen LogP) is 5.67. The number of benzene rings is 3. The quantitative estimate of drug-likeness (QED) is 0.0906. The Morgan fingerprint density at radius 2 is 1.47 bits per heavy atom. The normalized spacial score (nSPS) is 21.1. The Bertz CT molecular complexity index is 2090. The molecule has 1 aliphatic heterocycles. The van der Waals surface area contributed by atoms with E-state index in [1.807, 2.05) is 101 Å². The third kappa shape index (κ3) is 7.86. The molecule has 0 saturated carbocycles. The van der Waals surface area contributed by atoms with Crippen molar-refractivity contribution in [2.24, 2.45) is 0 Å². The highest BCUT2D eigenvalue weighted by Gasteiger charge is 2.65. The zero-order chi connectivity index (χ0) is 39.8. The van der Waals surface area contributed by atoms with Crippen molar-refractivity contribution in [1.82, 2.24) is 19.5 Å². The maximum absolute atomic E-state index is 13.1. The van der Waals surface area contributed by atoms with Gasteiger partial charge < -0.3 is 28.9 Å². The number of hydrogen-bond acceptors (Lipinski definition) is 11. The highest BCUT2D eigenvalue weighted by Crippen LogP contribution is 2.49. The monoisotopic (exact) mass is 801 g/mol. The van der Waals surface area contributed by atoms with E-state index in [9.17, 15) is 19.4 Å². The molecule has 55 heavy (non-hydrogen) atoms. The van der Waals surface area contributed by atoms with E-state index in [-0.39, 0.29) is 28.6 Å². The highest BCUT2D eigenvalue weighted by atomic mass is 31.1. The lowest BCUT2D eigenvalue weighted by Gasteiger charge is -2.44. The van der Waals surface area contributed by atoms with E-state index >= 15 is 0 Å². The Balaban J connectivity index is 1.46. The first-order chi connectivity index (χ1) is 25.9. The molecule has 6 rings (SSSR count). The number of nitrogens with zero attached hydrogens (tertiary/aromatic N) is 4. The summed E-state index contributed by atoms with van der Waals surface area (Å²) in [6, 6.07) is 28.6. The standard InChI is InChI=1S/C39H48N5O8PSi2/c1-37(2,3)54(7,8)51-32-36(44-26-42-31-33(40-25-41-34(31)44)43-35(45)27-18-12-9-13-19-27)50-30(39(32,46)52-53(47)48)24-49-55(38(4,5)6,28-20-14-10-15-21-28)29-22-16-11-17-23-29/h9-23,25-26,30,32,36,46H,24H2,1-8H3,(H,40,41,43,45)/t30-,32+,36-,39+/m1/s1. The SMILES string of the molecule is CC(C)(C)[Si](C)(C)O[C@H]1[C@H](n2cnc3c(NC(=O)c4ccccc4)ncnc32)O[C@H](CO[Si](c2ccccc2)(c2ccccc2)C(C)(C)C)[C@]1(O)O[P+](=O)[O-]. The number of amides is 1. The molecule has 0 spiro atoms. The molecular weight excluding hydrogens is 754 g/mol. The van der Waals surface area contributed by atoms with Crippen LogP contribution in [0.2, 0.25) is 23.2 Å². The number of fused-ring (bicyclic) bond motifs is 1. The lowest BCUT2D eigenvalue weighted by molar-refractivity contribution is -0.256. The summed E-state index contributed by atoms with van der Waals surface area (Å²) < 4.78 is 40.3. The number of anilines is 1. The number of nitrogens with one attached hydrogen (secondary N) is 1. The number of hydrogen-bond donors (Lipinski definition) is 2. The predicted molar refractivity (Wildman–Crippen MR) is 213 cm³/mol. The van der Waals surface area contributed by atoms with Crippen LogP contribution in [0.3, 0.4) is 0 Å². The van der Waals surface area contributed by atoms with E-state index in [2.05, 4.69) is 41.0 Å². The molecule has 290 valence electrons. The summed E-state index contributed by atoms with van der Waals surface area (Å²) in [6.07, 6.45) is -1.27. The number of rotatable bonds is 12. The Hall–Kier alpha value is -4.03. The van der Waals surface area contributed by atoms with Crippen molar-refractivity contribution in [3.8, 4) is 0 Å². The van der Waals surface area contributed by atoms with Crippen LogP contribution < -0.4 is 20.6 Å². The molecule has 1 saturated heterocycles. The molecule has 3 heterocycles. The summed E-state index contributed by atoms with van der Waals surface area (Å²) in [4.78, 5) is 39.0. The third-order valence-corrected chi connectivity index (χ3v) is 20.6. The lowest BCUT2D eigenvalue weighted by atomic mass is 10.1. The molecule has 0 bridgehead atoms. The van der Waals surface area contributed by atoms with Gasteiger partial charge in [0.25, 0.3) is 20.0 Å². The van der Waals surface area contributed by atoms with Gasteiger partial charge in [-0.05, 0) is 50.2 Å². The average Bonchev–Trinajstić information content (AvgIpc) is 3.67. The molecule has 2 N–H and O–H groups in total. The smallest absolute Gasteiger partial charge is 0.491 e. The van der Waals surface area contributed by atoms with Gasteiger partial charge in [0.05, 0.1) is 12.9 Å². The molecule has 13 nitrogen and oxygen atoms in total. The summed E-state index contributed by atoms with van der Waals surface area (Å²) in [5, 5.41) is 16.6. The minimum Gasteiger partial charge on any atom is -0.566 e. The van der Waals surface area contributed by atoms with Crippen LogP contribution in [-0.2, 0) is 22.7 Å². The largest absolute Gasteiger partial charge is 0.566 e. The van der Waals surface area contributed by atoms with Crippen molar-refractivity contribution < 1.29 is 37.5 Å². The van der Waals surface area contributed by atoms with Crippen LogP contribution in [0, 0.1) is 0 Å². The molecule has 1 unspecified atom stereocenters. The van der Waals surface area contributed by atoms with Gasteiger partial charge in [0.15, 0.2) is 37.6 Å². The lowest BCUT2D eigenvalue weighted by Crippen LogP contribution is -2.67. The van der Waals surface area contributed by atoms with Crippen molar-refractivity contribution in [2.45, 2.75) is 88.9 Å². The molecular formula is C39H48N5O8PSi2. The van der Waals surface area contributed by atoms with Crippen molar-refractivity contribution in [3.05, 3.63) is 109 Å². The van der Waals surface area contributed by atoms with Crippen LogP contribution in [0.5, 0.6) is 0 Å². The number of carbonyl (C=O) groups excluding carboxylic acids is 1. The molecule has 1 fully saturated rings. The van der Waals surface area contributed by atoms with Gasteiger partial charge >= 0.3 is 8.25 Å². The topological polar surface area (TPSA) is 170 Å². The zero-order valence-corrected chi connectivity index (χ0v) is 35.2. The van der Waals surface area contributed by atoms with Crippen molar-refractivity contribution in [1.29, 1.82) is 0 Å². The maximum Gasteiger partial charge on any atom is 0.491 e. The van der Waals surface area contributed by atoms with Gasteiger partial charge in [-0.15, -0.1) is 4.52 Å². The first kappa shape index (κ1) is 40.6. The number of carbonyl (C=O) groups is 1. The van der Waals surface area contributed by atoms with Crippen molar-refractivity contribution >= 4 is 58.2 Å². The zero-order valence-electron chi connectivity index (χ0n) is 32.3. The van der Waals surface area contributed by atoms with E-state index < -0.39 is 60.1 Å². The Kier molecular flexibility index (Phi) is 11.4. The van der Waals surface area contributed by atoms with Crippen molar-refractivity contribution in [3.63, 3.8) is 0 Å². The number of imidazole rings is 1. The van der Waals surface area contributed by atoms with E-state index in [0.717, 1.165) is 10.4 Å². The second-order valence-corrected chi connectivity index (χ2v) is 25.9. The molecule has 5 atom stereocenters. The van der Waals surface area contributed by atoms with Crippen LogP contribution in [0.25, 0.3) is 11.2 Å². The van der Waals surface area contributed by atoms with E-state index in [4.69, 9.17) is 18.1 Å². The molecule has 0 aliphatic carbocycles. The van der Waals surface area contributed by atoms with Crippen LogP contribution in [0.4, 0.5) is 5.82 Å². The summed E-state index contributed by atoms with van der Waals surface area (Å²) >= 11 is 0. The summed E-state index contributed by atoms with van der Waals surface area (Å²) in [6.45, 7) is 16.1. The van der Waals surface area contributed by atoms with Gasteiger partial charge in [0.1, 0.15) is 12.4 Å². The average molecular weight is 802 g/mol. The third-order valence-electron chi connectivity index (χ3n) is 10.6. The molecule has 2 aromatic heterocycles. The Morgan fingerprint density at radius 1 is 0.909 bits per heavy atom. The molecule has 5 aromatic rings. The van der Waals surface area contributed by atoms with Crippen LogP contribution in [-0.4, -0.2) is 71.8 Å². The summed E-state index contributed by atoms with van der Waals surface area (Å²) in [7, 11) is -9.63. The first-order valence-corrected chi connectivity index (χ1v) is 24.0. The molecule has 3 aromatic carbocycles. The summed E-state index contributed by atoms with van der Waals surface area (Å²) in [5.41, 5.74) is 0.913. The number of aliphatic hydroxyl groups is 1. The molecule has 0 radical (unpaired) electrons. The van der Waals surface area contributed by atoms with E-state index in [1.54, 1.807) is 28.8 Å². The van der Waals surface area contributed by atoms with Crippen LogP contribution >= 0.6 is 8.25 Å². The van der Waals surface area contributed by atoms with Crippen LogP contribution in [0.1, 0.15) is 58.1 Å². The second-order valence-electron chi connectivity index (χ2n) is 16.2. The van der Waals surface area contributed by atoms with Gasteiger partial charge in [0.2, 0.25) is 0 Å². The number of aromatic nitrogens is 4. The van der Waals surface area contributed by atoms with Gasteiger partial charge in [-0.3, -0.25) is 9.36 Å². The van der Waals surface area contributed by atoms with Crippen LogP contribution in [0.15, 0.2) is 104 Å². The molecule has 16 heteroatoms. The second kappa shape index (κ2) is 15.5. The van der Waals surface area contributed by atoms with Gasteiger partial charge in [-0.2, -0.15) is 0 Å². The summed E-state index contributed by atoms with van der Waals surface area (Å²) in [5.74, 6) is -2.79. The number of ether oxygens (including phenoxy) is 1. The maximum atomic E-state index is 13.1. The van der Waals surface area contributed by atoms with E-state index in [0.29, 0.717) is 5.56 Å². The van der Waals surface area contributed by atoms with Gasteiger partial charge in [-0.1, -0.05) is 120 Å². The van der Waals surface area contributed by atoms with Gasteiger partial charge in [0, 0.05) is 5.56 Å². The fraction of sp³-hybridized carbons (Fsp3) is 0.385. The van der Waals surface area contributed by atoms with Crippen molar-refractivity contribution in [2.75, 3.05) is 11.9 Å².